The first-order valence-corrected chi connectivity index (χ1v) is 5.06. The van der Waals surface area contributed by atoms with E-state index in [1.54, 1.807) is 18.2 Å². The molecule has 0 radical (unpaired) electrons. The molecule has 0 bridgehead atoms. The summed E-state index contributed by atoms with van der Waals surface area (Å²) in [7, 11) is 0. The predicted molar refractivity (Wildman–Crippen MR) is 63.0 cm³/mol. The number of ether oxygens (including phenoxy) is 1. The maximum atomic E-state index is 9.43. The molecule has 2 heteroatoms. The zero-order chi connectivity index (χ0) is 11.4. The Balaban J connectivity index is 0.000000531. The van der Waals surface area contributed by atoms with Gasteiger partial charge >= 0.3 is 0 Å². The Kier molecular flexibility index (Phi) is 3.56. The first kappa shape index (κ1) is 11.4. The van der Waals surface area contributed by atoms with Crippen molar-refractivity contribution in [2.75, 3.05) is 0 Å². The average molecular weight is 204 g/mol. The SMILES string of the molecule is C=C1C=Cc2c(ccc(O)c2C)O1.CC. The lowest BCUT2D eigenvalue weighted by molar-refractivity contribution is 0.435. The molecule has 0 aromatic heterocycles. The largest absolute Gasteiger partial charge is 0.508 e. The molecule has 0 atom stereocenters. The topological polar surface area (TPSA) is 29.5 Å². The molecule has 0 amide bonds. The van der Waals surface area contributed by atoms with Crippen LogP contribution in [0.25, 0.3) is 6.08 Å². The van der Waals surface area contributed by atoms with Crippen LogP contribution < -0.4 is 4.74 Å². The lowest BCUT2D eigenvalue weighted by Gasteiger charge is -2.15. The van der Waals surface area contributed by atoms with Gasteiger partial charge < -0.3 is 9.84 Å². The van der Waals surface area contributed by atoms with Gasteiger partial charge in [-0.25, -0.2) is 0 Å². The third kappa shape index (κ3) is 2.21. The zero-order valence-electron chi connectivity index (χ0n) is 9.37. The summed E-state index contributed by atoms with van der Waals surface area (Å²) in [6, 6.07) is 3.37. The Morgan fingerprint density at radius 2 is 1.87 bits per heavy atom. The summed E-state index contributed by atoms with van der Waals surface area (Å²) in [5.74, 6) is 1.67. The number of phenolic OH excluding ortho intramolecular Hbond substituents is 1. The predicted octanol–water partition coefficient (Wildman–Crippen LogP) is 3.65. The number of allylic oxidation sites excluding steroid dienone is 1. The number of benzene rings is 1. The molecular weight excluding hydrogens is 188 g/mol. The van der Waals surface area contributed by atoms with Gasteiger partial charge in [0.15, 0.2) is 0 Å². The molecule has 0 saturated carbocycles. The molecule has 1 N–H and O–H groups in total. The van der Waals surface area contributed by atoms with E-state index in [1.165, 1.54) is 0 Å². The van der Waals surface area contributed by atoms with E-state index in [4.69, 9.17) is 4.74 Å². The lowest BCUT2D eigenvalue weighted by Crippen LogP contribution is -1.98. The average Bonchev–Trinajstić information content (AvgIpc) is 2.26. The van der Waals surface area contributed by atoms with Crippen molar-refractivity contribution in [1.29, 1.82) is 0 Å². The summed E-state index contributed by atoms with van der Waals surface area (Å²) in [4.78, 5) is 0. The van der Waals surface area contributed by atoms with E-state index >= 15 is 0 Å². The number of rotatable bonds is 0. The molecular formula is C13H16O2. The van der Waals surface area contributed by atoms with Gasteiger partial charge in [0.25, 0.3) is 0 Å². The fourth-order valence-electron chi connectivity index (χ4n) is 1.34. The van der Waals surface area contributed by atoms with E-state index in [9.17, 15) is 5.11 Å². The Labute approximate surface area is 90.5 Å². The van der Waals surface area contributed by atoms with Gasteiger partial charge in [-0.3, -0.25) is 0 Å². The van der Waals surface area contributed by atoms with Crippen LogP contribution in [0.1, 0.15) is 25.0 Å². The molecule has 0 aliphatic carbocycles. The Morgan fingerprint density at radius 3 is 2.53 bits per heavy atom. The molecule has 2 rings (SSSR count). The molecule has 0 unspecified atom stereocenters. The van der Waals surface area contributed by atoms with Crippen LogP contribution in [0.15, 0.2) is 30.5 Å². The smallest absolute Gasteiger partial charge is 0.135 e. The third-order valence-electron chi connectivity index (χ3n) is 2.12. The van der Waals surface area contributed by atoms with Crippen LogP contribution in [0.4, 0.5) is 0 Å². The van der Waals surface area contributed by atoms with Gasteiger partial charge in [0.05, 0.1) is 0 Å². The fraction of sp³-hybridized carbons (Fsp3) is 0.231. The molecule has 1 aromatic carbocycles. The minimum Gasteiger partial charge on any atom is -0.508 e. The van der Waals surface area contributed by atoms with Crippen LogP contribution in [-0.4, -0.2) is 5.11 Å². The minimum atomic E-state index is 0.291. The highest BCUT2D eigenvalue weighted by Crippen LogP contribution is 2.33. The van der Waals surface area contributed by atoms with Gasteiger partial charge in [0, 0.05) is 11.1 Å². The zero-order valence-corrected chi connectivity index (χ0v) is 9.37. The van der Waals surface area contributed by atoms with Gasteiger partial charge in [-0.05, 0) is 31.2 Å². The first-order chi connectivity index (χ1) is 7.18. The highest BCUT2D eigenvalue weighted by molar-refractivity contribution is 5.67. The summed E-state index contributed by atoms with van der Waals surface area (Å²) in [6.07, 6.45) is 3.69. The standard InChI is InChI=1S/C11H10O2.C2H6/c1-7-3-4-9-8(2)10(12)5-6-11(9)13-7;1-2/h3-6,12H,1H2,2H3;1-2H3. The third-order valence-corrected chi connectivity index (χ3v) is 2.12. The van der Waals surface area contributed by atoms with E-state index < -0.39 is 0 Å². The molecule has 1 heterocycles. The molecule has 15 heavy (non-hydrogen) atoms. The number of phenols is 1. The van der Waals surface area contributed by atoms with Crippen LogP contribution in [0.5, 0.6) is 11.5 Å². The molecule has 80 valence electrons. The lowest BCUT2D eigenvalue weighted by atomic mass is 10.0. The van der Waals surface area contributed by atoms with Gasteiger partial charge in [-0.15, -0.1) is 0 Å². The van der Waals surface area contributed by atoms with Crippen LogP contribution in [-0.2, 0) is 0 Å². The van der Waals surface area contributed by atoms with Crippen molar-refractivity contribution in [2.24, 2.45) is 0 Å². The maximum Gasteiger partial charge on any atom is 0.135 e. The summed E-state index contributed by atoms with van der Waals surface area (Å²) < 4.78 is 5.38. The molecule has 0 fully saturated rings. The Morgan fingerprint density at radius 1 is 1.20 bits per heavy atom. The Bertz CT molecular complexity index is 403. The molecule has 0 spiro atoms. The van der Waals surface area contributed by atoms with Crippen molar-refractivity contribution in [3.63, 3.8) is 0 Å². The van der Waals surface area contributed by atoms with Crippen molar-refractivity contribution in [3.05, 3.63) is 41.7 Å². The van der Waals surface area contributed by atoms with Crippen LogP contribution in [0.2, 0.25) is 0 Å². The van der Waals surface area contributed by atoms with E-state index in [0.29, 0.717) is 11.5 Å². The number of hydrogen-bond acceptors (Lipinski definition) is 2. The van der Waals surface area contributed by atoms with E-state index in [1.807, 2.05) is 26.8 Å². The van der Waals surface area contributed by atoms with Crippen molar-refractivity contribution in [3.8, 4) is 11.5 Å². The van der Waals surface area contributed by atoms with E-state index in [-0.39, 0.29) is 0 Å². The monoisotopic (exact) mass is 204 g/mol. The second kappa shape index (κ2) is 4.69. The maximum absolute atomic E-state index is 9.43. The second-order valence-corrected chi connectivity index (χ2v) is 3.02. The fourth-order valence-corrected chi connectivity index (χ4v) is 1.34. The van der Waals surface area contributed by atoms with Crippen LogP contribution in [0.3, 0.4) is 0 Å². The number of fused-ring (bicyclic) bond motifs is 1. The van der Waals surface area contributed by atoms with E-state index in [0.717, 1.165) is 16.9 Å². The highest BCUT2D eigenvalue weighted by Gasteiger charge is 2.12. The van der Waals surface area contributed by atoms with Crippen molar-refractivity contribution in [1.82, 2.24) is 0 Å². The van der Waals surface area contributed by atoms with Gasteiger partial charge in [0.1, 0.15) is 17.3 Å². The second-order valence-electron chi connectivity index (χ2n) is 3.02. The van der Waals surface area contributed by atoms with E-state index in [2.05, 4.69) is 6.58 Å². The van der Waals surface area contributed by atoms with Gasteiger partial charge in [-0.2, -0.15) is 0 Å². The van der Waals surface area contributed by atoms with Crippen LogP contribution >= 0.6 is 0 Å². The molecule has 0 saturated heterocycles. The quantitative estimate of drug-likeness (QED) is 0.699. The van der Waals surface area contributed by atoms with Gasteiger partial charge in [-0.1, -0.05) is 20.4 Å². The summed E-state index contributed by atoms with van der Waals surface area (Å²) in [6.45, 7) is 9.55. The summed E-state index contributed by atoms with van der Waals surface area (Å²) in [5.41, 5.74) is 1.76. The minimum absolute atomic E-state index is 0.291. The summed E-state index contributed by atoms with van der Waals surface area (Å²) >= 11 is 0. The molecule has 1 aliphatic rings. The van der Waals surface area contributed by atoms with Crippen molar-refractivity contribution in [2.45, 2.75) is 20.8 Å². The molecule has 1 aromatic rings. The first-order valence-electron chi connectivity index (χ1n) is 5.06. The molecule has 2 nitrogen and oxygen atoms in total. The van der Waals surface area contributed by atoms with Crippen molar-refractivity contribution < 1.29 is 9.84 Å². The Hall–Kier alpha value is -1.70. The number of hydrogen-bond donors (Lipinski definition) is 1. The number of aromatic hydroxyl groups is 1. The normalized spacial score (nSPS) is 12.3. The van der Waals surface area contributed by atoms with Crippen LogP contribution in [0, 0.1) is 6.92 Å². The van der Waals surface area contributed by atoms with Gasteiger partial charge in [0.2, 0.25) is 0 Å². The molecule has 1 aliphatic heterocycles. The highest BCUT2D eigenvalue weighted by atomic mass is 16.5. The summed E-state index contributed by atoms with van der Waals surface area (Å²) in [5, 5.41) is 9.43. The van der Waals surface area contributed by atoms with Crippen molar-refractivity contribution >= 4 is 6.08 Å².